The maximum absolute atomic E-state index is 5.93. The minimum atomic E-state index is -0.883. The van der Waals surface area contributed by atoms with E-state index in [1.165, 1.54) is 0 Å². The molecule has 0 unspecified atom stereocenters. The van der Waals surface area contributed by atoms with Gasteiger partial charge in [-0.15, -0.1) is 11.6 Å². The van der Waals surface area contributed by atoms with Gasteiger partial charge in [-0.3, -0.25) is 0 Å². The van der Waals surface area contributed by atoms with Gasteiger partial charge in [0.1, 0.15) is 0 Å². The molecule has 0 amide bonds. The van der Waals surface area contributed by atoms with E-state index in [2.05, 4.69) is 6.07 Å². The van der Waals surface area contributed by atoms with E-state index in [1.807, 2.05) is 30.3 Å². The van der Waals surface area contributed by atoms with E-state index in [9.17, 15) is 0 Å². The van der Waals surface area contributed by atoms with E-state index in [4.69, 9.17) is 32.7 Å². The van der Waals surface area contributed by atoms with Crippen molar-refractivity contribution in [1.82, 2.24) is 0 Å². The van der Waals surface area contributed by atoms with Gasteiger partial charge in [-0.25, -0.2) is 0 Å². The summed E-state index contributed by atoms with van der Waals surface area (Å²) in [7, 11) is 0. The van der Waals surface area contributed by atoms with E-state index in [-0.39, 0.29) is 18.9 Å². The molecule has 1 fully saturated rings. The van der Waals surface area contributed by atoms with Crippen LogP contribution in [-0.4, -0.2) is 13.2 Å². The summed E-state index contributed by atoms with van der Waals surface area (Å²) < 4.78 is 11.7. The van der Waals surface area contributed by atoms with Crippen molar-refractivity contribution in [1.29, 1.82) is 0 Å². The van der Waals surface area contributed by atoms with Gasteiger partial charge < -0.3 is 9.47 Å². The molecule has 1 aliphatic rings. The fraction of sp³-hybridized carbons (Fsp3) is 0.200. The molecule has 0 aromatic heterocycles. The van der Waals surface area contributed by atoms with Gasteiger partial charge in [0.2, 0.25) is 0 Å². The Kier molecular flexibility index (Phi) is 5.20. The van der Waals surface area contributed by atoms with Crippen molar-refractivity contribution in [3.8, 4) is 0 Å². The van der Waals surface area contributed by atoms with Gasteiger partial charge in [-0.2, -0.15) is 24.3 Å². The number of benzene rings is 2. The maximum Gasteiger partial charge on any atom is 1.00 e. The number of ether oxygens (including phenoxy) is 2. The monoisotopic (exact) mass is 300 g/mol. The summed E-state index contributed by atoms with van der Waals surface area (Å²) in [6.07, 6.45) is 0. The van der Waals surface area contributed by atoms with E-state index >= 15 is 0 Å². The molecular weight excluding hydrogens is 290 g/mol. The normalized spacial score (nSPS) is 16.7. The van der Waals surface area contributed by atoms with Gasteiger partial charge in [0.15, 0.2) is 5.79 Å². The summed E-state index contributed by atoms with van der Waals surface area (Å²) in [6.45, 7) is 1.09. The molecular formula is C15H11Cl2LiO2. The summed E-state index contributed by atoms with van der Waals surface area (Å²) in [6, 6.07) is 15.9. The molecule has 0 atom stereocenters. The Morgan fingerprint density at radius 2 is 1.50 bits per heavy atom. The van der Waals surface area contributed by atoms with Crippen LogP contribution in [0, 0.1) is 6.07 Å². The summed E-state index contributed by atoms with van der Waals surface area (Å²) >= 11 is 11.8. The first kappa shape index (κ1) is 15.9. The van der Waals surface area contributed by atoms with Crippen LogP contribution in [0.5, 0.6) is 0 Å². The first-order chi connectivity index (χ1) is 9.21. The summed E-state index contributed by atoms with van der Waals surface area (Å²) in [5, 5.41) is 1.24. The Bertz CT molecular complexity index is 516. The van der Waals surface area contributed by atoms with Crippen LogP contribution in [0.4, 0.5) is 0 Å². The Morgan fingerprint density at radius 1 is 0.900 bits per heavy atom. The van der Waals surface area contributed by atoms with Crippen LogP contribution >= 0.6 is 23.2 Å². The van der Waals surface area contributed by atoms with Crippen LogP contribution in [0.1, 0.15) is 11.1 Å². The number of hydrogen-bond acceptors (Lipinski definition) is 2. The van der Waals surface area contributed by atoms with Crippen molar-refractivity contribution < 1.29 is 28.3 Å². The first-order valence-electron chi connectivity index (χ1n) is 5.92. The largest absolute Gasteiger partial charge is 1.00 e. The zero-order valence-electron chi connectivity index (χ0n) is 11.0. The molecule has 0 aliphatic carbocycles. The molecule has 2 aromatic rings. The van der Waals surface area contributed by atoms with Crippen LogP contribution < -0.4 is 18.9 Å². The standard InChI is InChI=1S/C15H11Cl2O2.Li/c16-13-5-1-11(2-6-13)15(18-9-10-19-15)12-3-7-14(17)8-4-12;/h1-7H,9-10H2;/q-1;+1. The molecule has 98 valence electrons. The van der Waals surface area contributed by atoms with Crippen molar-refractivity contribution in [2.75, 3.05) is 13.2 Å². The molecule has 0 saturated carbocycles. The van der Waals surface area contributed by atoms with Crippen molar-refractivity contribution in [3.63, 3.8) is 0 Å². The molecule has 5 heteroatoms. The molecule has 2 nitrogen and oxygen atoms in total. The van der Waals surface area contributed by atoms with Gasteiger partial charge in [0, 0.05) is 10.6 Å². The van der Waals surface area contributed by atoms with Crippen molar-refractivity contribution in [2.24, 2.45) is 0 Å². The van der Waals surface area contributed by atoms with Crippen LogP contribution in [0.15, 0.2) is 42.5 Å². The molecule has 1 saturated heterocycles. The molecule has 1 heterocycles. The third-order valence-electron chi connectivity index (χ3n) is 3.07. The van der Waals surface area contributed by atoms with Crippen LogP contribution in [-0.2, 0) is 15.3 Å². The SMILES string of the molecule is Clc1[c-]cc(C2(c3ccc(Cl)cc3)OCCO2)cc1.[Li+]. The van der Waals surface area contributed by atoms with Gasteiger partial charge in [0.05, 0.1) is 13.2 Å². The average molecular weight is 301 g/mol. The maximum atomic E-state index is 5.93. The Labute approximate surface area is 140 Å². The zero-order chi connectivity index (χ0) is 13.3. The predicted molar refractivity (Wildman–Crippen MR) is 74.4 cm³/mol. The molecule has 0 N–H and O–H groups in total. The third kappa shape index (κ3) is 2.92. The van der Waals surface area contributed by atoms with Gasteiger partial charge >= 0.3 is 18.9 Å². The van der Waals surface area contributed by atoms with E-state index < -0.39 is 5.79 Å². The minimum absolute atomic E-state index is 0. The fourth-order valence-electron chi connectivity index (χ4n) is 2.19. The molecule has 3 rings (SSSR count). The van der Waals surface area contributed by atoms with Gasteiger partial charge in [-0.05, 0) is 12.1 Å². The van der Waals surface area contributed by atoms with E-state index in [0.717, 1.165) is 11.1 Å². The van der Waals surface area contributed by atoms with Crippen molar-refractivity contribution >= 4 is 23.2 Å². The van der Waals surface area contributed by atoms with Gasteiger partial charge in [0.25, 0.3) is 0 Å². The molecule has 2 aromatic carbocycles. The quantitative estimate of drug-likeness (QED) is 0.610. The number of halogens is 2. The van der Waals surface area contributed by atoms with Crippen molar-refractivity contribution in [2.45, 2.75) is 5.79 Å². The molecule has 0 radical (unpaired) electrons. The number of hydrogen-bond donors (Lipinski definition) is 0. The molecule has 20 heavy (non-hydrogen) atoms. The third-order valence-corrected chi connectivity index (χ3v) is 3.56. The molecule has 0 bridgehead atoms. The topological polar surface area (TPSA) is 18.5 Å². The summed E-state index contributed by atoms with van der Waals surface area (Å²) in [5.41, 5.74) is 1.78. The van der Waals surface area contributed by atoms with Crippen LogP contribution in [0.25, 0.3) is 0 Å². The smallest absolute Gasteiger partial charge is 0.350 e. The Balaban J connectivity index is 0.00000147. The summed E-state index contributed by atoms with van der Waals surface area (Å²) in [4.78, 5) is 0. The average Bonchev–Trinajstić information content (AvgIpc) is 2.91. The van der Waals surface area contributed by atoms with Crippen molar-refractivity contribution in [3.05, 3.63) is 69.7 Å². The second-order valence-electron chi connectivity index (χ2n) is 4.25. The first-order valence-corrected chi connectivity index (χ1v) is 6.68. The van der Waals surface area contributed by atoms with Crippen LogP contribution in [0.2, 0.25) is 10.0 Å². The second-order valence-corrected chi connectivity index (χ2v) is 5.09. The minimum Gasteiger partial charge on any atom is -0.350 e. The zero-order valence-corrected chi connectivity index (χ0v) is 12.5. The predicted octanol–water partition coefficient (Wildman–Crippen LogP) is 1.05. The number of rotatable bonds is 2. The van der Waals surface area contributed by atoms with E-state index in [1.54, 1.807) is 12.1 Å². The van der Waals surface area contributed by atoms with E-state index in [0.29, 0.717) is 23.3 Å². The Morgan fingerprint density at radius 3 is 2.05 bits per heavy atom. The van der Waals surface area contributed by atoms with Crippen LogP contribution in [0.3, 0.4) is 0 Å². The second kappa shape index (κ2) is 6.53. The Hall–Kier alpha value is -0.463. The van der Waals surface area contributed by atoms with Gasteiger partial charge in [-0.1, -0.05) is 34.3 Å². The fourth-order valence-corrected chi connectivity index (χ4v) is 2.44. The molecule has 1 aliphatic heterocycles. The molecule has 0 spiro atoms. The summed E-state index contributed by atoms with van der Waals surface area (Å²) in [5.74, 6) is -0.883.